The molecular formula is C64H74Br2F2O4S10. The van der Waals surface area contributed by atoms with Gasteiger partial charge in [-0.25, -0.2) is 18.4 Å². The third-order valence-corrected chi connectivity index (χ3v) is 29.1. The van der Waals surface area contributed by atoms with Crippen LogP contribution in [0, 0.1) is 23.5 Å². The maximum absolute atomic E-state index is 16.7. The molecule has 9 aromatic rings. The van der Waals surface area contributed by atoms with Crippen LogP contribution < -0.4 is 0 Å². The highest BCUT2D eigenvalue weighted by atomic mass is 79.9. The molecular weight excluding hydrogens is 1350 g/mol. The Balaban J connectivity index is 1.18. The van der Waals surface area contributed by atoms with Gasteiger partial charge >= 0.3 is 11.9 Å². The summed E-state index contributed by atoms with van der Waals surface area (Å²) in [5.41, 5.74) is 2.31. The Morgan fingerprint density at radius 2 is 0.866 bits per heavy atom. The minimum Gasteiger partial charge on any atom is -0.461 e. The molecule has 0 bridgehead atoms. The lowest BCUT2D eigenvalue weighted by Crippen LogP contribution is -2.14. The number of ether oxygens (including phenoxy) is 2. The molecule has 0 saturated carbocycles. The topological polar surface area (TPSA) is 52.6 Å². The molecule has 82 heavy (non-hydrogen) atoms. The lowest BCUT2D eigenvalue weighted by atomic mass is 9.99. The Morgan fingerprint density at radius 1 is 0.476 bits per heavy atom. The van der Waals surface area contributed by atoms with Crippen molar-refractivity contribution in [2.24, 2.45) is 11.8 Å². The molecule has 0 N–H and O–H groups in total. The Kier molecular flexibility index (Phi) is 24.9. The molecule has 4 nitrogen and oxygen atoms in total. The third-order valence-electron chi connectivity index (χ3n) is 15.3. The molecule has 0 fully saturated rings. The lowest BCUT2D eigenvalue weighted by Gasteiger charge is -2.14. The van der Waals surface area contributed by atoms with Crippen LogP contribution in [0.1, 0.15) is 189 Å². The Hall–Kier alpha value is -1.68. The number of unbranched alkanes of at least 4 members (excludes halogenated alkanes) is 12. The predicted octanol–water partition coefficient (Wildman–Crippen LogP) is 26.9. The molecule has 8 aromatic heterocycles. The van der Waals surface area contributed by atoms with Gasteiger partial charge in [-0.2, -0.15) is 0 Å². The van der Waals surface area contributed by atoms with Crippen molar-refractivity contribution in [3.63, 3.8) is 0 Å². The van der Waals surface area contributed by atoms with Crippen molar-refractivity contribution >= 4 is 198 Å². The first-order valence-electron chi connectivity index (χ1n) is 29.6. The van der Waals surface area contributed by atoms with E-state index in [-0.39, 0.29) is 34.8 Å². The first kappa shape index (κ1) is 64.8. The molecule has 0 aliphatic heterocycles. The van der Waals surface area contributed by atoms with E-state index in [4.69, 9.17) is 9.47 Å². The zero-order valence-corrected chi connectivity index (χ0v) is 59.2. The van der Waals surface area contributed by atoms with Gasteiger partial charge < -0.3 is 9.47 Å². The van der Waals surface area contributed by atoms with Crippen LogP contribution in [0.4, 0.5) is 8.78 Å². The van der Waals surface area contributed by atoms with Crippen LogP contribution in [0.15, 0.2) is 52.4 Å². The lowest BCUT2D eigenvalue weighted by molar-refractivity contribution is 0.0420. The summed E-state index contributed by atoms with van der Waals surface area (Å²) in [5.74, 6) is 0.381. The van der Waals surface area contributed by atoms with E-state index in [2.05, 4.69) is 110 Å². The second-order valence-corrected chi connectivity index (χ2v) is 35.0. The molecule has 0 spiro atoms. The van der Waals surface area contributed by atoms with Crippen molar-refractivity contribution in [3.8, 4) is 40.4 Å². The maximum Gasteiger partial charge on any atom is 0.351 e. The van der Waals surface area contributed by atoms with Gasteiger partial charge in [0.05, 0.1) is 59.1 Å². The van der Waals surface area contributed by atoms with E-state index in [1.54, 1.807) is 22.7 Å². The first-order chi connectivity index (χ1) is 39.9. The largest absolute Gasteiger partial charge is 0.461 e. The van der Waals surface area contributed by atoms with Gasteiger partial charge in [-0.15, -0.1) is 114 Å². The quantitative estimate of drug-likeness (QED) is 0.0228. The summed E-state index contributed by atoms with van der Waals surface area (Å²) < 4.78 is 52.7. The second kappa shape index (κ2) is 31.5. The number of carbonyl (C=O) groups excluding carboxylic acids is 2. The number of fused-ring (bicyclic) bond motifs is 4. The van der Waals surface area contributed by atoms with Gasteiger partial charge in [-0.3, -0.25) is 0 Å². The number of thioether (sulfide) groups is 2. The van der Waals surface area contributed by atoms with Crippen molar-refractivity contribution in [1.29, 1.82) is 0 Å². The van der Waals surface area contributed by atoms with Crippen LogP contribution in [-0.4, -0.2) is 36.7 Å². The fourth-order valence-electron chi connectivity index (χ4n) is 10.4. The van der Waals surface area contributed by atoms with Crippen molar-refractivity contribution in [2.75, 3.05) is 24.7 Å². The normalized spacial score (nSPS) is 12.8. The summed E-state index contributed by atoms with van der Waals surface area (Å²) in [5, 5.41) is 3.11. The average molecular weight is 1430 g/mol. The summed E-state index contributed by atoms with van der Waals surface area (Å²) in [4.78, 5) is 33.8. The van der Waals surface area contributed by atoms with Gasteiger partial charge in [0.25, 0.3) is 0 Å². The second-order valence-electron chi connectivity index (χ2n) is 21.3. The number of benzene rings is 1. The molecule has 0 saturated heterocycles. The van der Waals surface area contributed by atoms with Crippen LogP contribution in [-0.2, 0) is 9.47 Å². The van der Waals surface area contributed by atoms with Gasteiger partial charge in [0.1, 0.15) is 9.75 Å². The van der Waals surface area contributed by atoms with E-state index in [1.807, 2.05) is 46.2 Å². The Labute approximate surface area is 541 Å². The molecule has 0 aliphatic rings. The molecule has 2 unspecified atom stereocenters. The van der Waals surface area contributed by atoms with Gasteiger partial charge in [0, 0.05) is 50.8 Å². The molecule has 0 aliphatic carbocycles. The van der Waals surface area contributed by atoms with E-state index in [9.17, 15) is 9.59 Å². The fourth-order valence-corrected chi connectivity index (χ4v) is 24.4. The van der Waals surface area contributed by atoms with Crippen molar-refractivity contribution < 1.29 is 27.8 Å². The van der Waals surface area contributed by atoms with E-state index in [0.717, 1.165) is 123 Å². The zero-order chi connectivity index (χ0) is 57.9. The van der Waals surface area contributed by atoms with Crippen LogP contribution in [0.5, 0.6) is 0 Å². The highest BCUT2D eigenvalue weighted by Crippen LogP contribution is 2.59. The van der Waals surface area contributed by atoms with Gasteiger partial charge in [-0.1, -0.05) is 144 Å². The molecule has 442 valence electrons. The summed E-state index contributed by atoms with van der Waals surface area (Å²) in [6.45, 7) is 13.7. The number of carbonyl (C=O) groups is 2. The third kappa shape index (κ3) is 15.1. The van der Waals surface area contributed by atoms with E-state index >= 15 is 8.78 Å². The summed E-state index contributed by atoms with van der Waals surface area (Å²) >= 11 is 24.0. The Bertz CT molecular complexity index is 3280. The number of halogens is 4. The summed E-state index contributed by atoms with van der Waals surface area (Å²) in [6, 6.07) is 13.8. The molecule has 2 atom stereocenters. The van der Waals surface area contributed by atoms with E-state index in [1.165, 1.54) is 141 Å². The van der Waals surface area contributed by atoms with Crippen LogP contribution in [0.25, 0.3) is 80.7 Å². The number of hydrogen-bond donors (Lipinski definition) is 0. The maximum atomic E-state index is 16.7. The molecule has 0 amide bonds. The van der Waals surface area contributed by atoms with Crippen LogP contribution >= 0.6 is 146 Å². The van der Waals surface area contributed by atoms with Gasteiger partial charge in [-0.05, 0) is 117 Å². The summed E-state index contributed by atoms with van der Waals surface area (Å²) in [6.07, 6.45) is 23.1. The van der Waals surface area contributed by atoms with Crippen molar-refractivity contribution in [1.82, 2.24) is 0 Å². The van der Waals surface area contributed by atoms with Crippen LogP contribution in [0.3, 0.4) is 0 Å². The Morgan fingerprint density at radius 3 is 1.26 bits per heavy atom. The molecule has 8 heterocycles. The highest BCUT2D eigenvalue weighted by Gasteiger charge is 2.32. The van der Waals surface area contributed by atoms with E-state index in [0.29, 0.717) is 18.3 Å². The van der Waals surface area contributed by atoms with Crippen LogP contribution in [0.2, 0.25) is 0 Å². The van der Waals surface area contributed by atoms with Gasteiger partial charge in [0.15, 0.2) is 11.6 Å². The van der Waals surface area contributed by atoms with E-state index < -0.39 is 23.6 Å². The fraction of sp³-hybridized carbons (Fsp3) is 0.500. The summed E-state index contributed by atoms with van der Waals surface area (Å²) in [7, 11) is 0. The standard InChI is InChI=1S/C64H74Br2F2O4S10/c1-7-13-17-19-21-23-31-73-45-29-27-41(75-45)47-39-33-43(55-57-49(61(65)81-55)51(67)59(79-57)63(69)71-35-37(11-5)25-15-9-3)78-54(39)48(42-28-30-46(76-42)74-32-24-22-20-18-14-8-2)40-34-44(77-53(40)47)56-58-50(62(66)82-56)52(68)60(80-58)64(70)72-36-38(12-6)26-16-10-4/h27-30,33-34,37-38H,7-26,31-32,35-36H2,1-6H3. The minimum absolute atomic E-state index is 0.0197. The minimum atomic E-state index is -0.599. The molecule has 18 heteroatoms. The smallest absolute Gasteiger partial charge is 0.351 e. The number of esters is 2. The SMILES string of the molecule is CCCCCCCCSc1ccc(-c2c3cc(-c4sc(Br)c5c(F)c(C(=O)OCC(CC)CCCC)sc45)sc3c(-c3ccc(SCCCCCCCC)s3)c3cc(-c4sc(Br)c5c(F)c(C(=O)OCC(CC)CCCC)sc45)sc23)s1. The van der Waals surface area contributed by atoms with Crippen molar-refractivity contribution in [3.05, 3.63) is 65.4 Å². The number of rotatable bonds is 34. The first-order valence-corrected chi connectivity index (χ1v) is 39.7. The monoisotopic (exact) mass is 1420 g/mol. The molecule has 9 rings (SSSR count). The van der Waals surface area contributed by atoms with Gasteiger partial charge in [0.2, 0.25) is 0 Å². The predicted molar refractivity (Wildman–Crippen MR) is 372 cm³/mol. The average Bonchev–Trinajstić information content (AvgIpc) is 2.95. The number of hydrogen-bond acceptors (Lipinski definition) is 14. The van der Waals surface area contributed by atoms with Crippen molar-refractivity contribution in [2.45, 2.75) is 178 Å². The molecule has 0 radical (unpaired) electrons. The zero-order valence-electron chi connectivity index (χ0n) is 47.8. The molecule has 1 aromatic carbocycles. The highest BCUT2D eigenvalue weighted by molar-refractivity contribution is 9.11. The number of thiophene rings is 8.